The monoisotopic (exact) mass is 337 g/mol. The van der Waals surface area contributed by atoms with E-state index in [9.17, 15) is 15.2 Å². The fourth-order valence-electron chi connectivity index (χ4n) is 2.29. The van der Waals surface area contributed by atoms with Crippen LogP contribution in [0.3, 0.4) is 0 Å². The second-order valence-electron chi connectivity index (χ2n) is 6.23. The van der Waals surface area contributed by atoms with Gasteiger partial charge in [0.25, 0.3) is 5.09 Å². The van der Waals surface area contributed by atoms with Crippen LogP contribution in [-0.2, 0) is 4.84 Å². The smallest absolute Gasteiger partial charge is 0.294 e. The first-order chi connectivity index (χ1) is 11.4. The van der Waals surface area contributed by atoms with Crippen LogP contribution in [-0.4, -0.2) is 46.6 Å². The van der Waals surface area contributed by atoms with Crippen LogP contribution < -0.4 is 10.1 Å². The number of aromatic amines is 1. The van der Waals surface area contributed by atoms with E-state index in [-0.39, 0.29) is 13.2 Å². The Morgan fingerprint density at radius 2 is 2.21 bits per heavy atom. The van der Waals surface area contributed by atoms with Crippen molar-refractivity contribution in [2.75, 3.05) is 19.8 Å². The summed E-state index contributed by atoms with van der Waals surface area (Å²) in [6.07, 6.45) is 1.59. The van der Waals surface area contributed by atoms with Gasteiger partial charge >= 0.3 is 0 Å². The van der Waals surface area contributed by atoms with Gasteiger partial charge in [0.2, 0.25) is 0 Å². The third-order valence-electron chi connectivity index (χ3n) is 3.73. The summed E-state index contributed by atoms with van der Waals surface area (Å²) >= 11 is 0. The standard InChI is InChI=1S/C16H23N3O5/c1-16(2,7-9-24-19(21)22)18-10-12(20)11-23-15-5-3-4-14-13(15)6-8-17-14/h3-6,8,12,17-18,20H,7,9-11H2,1-2H3. The highest BCUT2D eigenvalue weighted by atomic mass is 16.9. The zero-order valence-corrected chi connectivity index (χ0v) is 13.8. The summed E-state index contributed by atoms with van der Waals surface area (Å²) in [5.74, 6) is 0.714. The van der Waals surface area contributed by atoms with Gasteiger partial charge in [-0.1, -0.05) is 6.07 Å². The maximum absolute atomic E-state index is 10.1. The van der Waals surface area contributed by atoms with Gasteiger partial charge in [0, 0.05) is 29.2 Å². The van der Waals surface area contributed by atoms with Gasteiger partial charge in [-0.3, -0.25) is 0 Å². The number of β-amino-alcohol motifs (C(OH)–C–C–N with tert-alkyl or cyclic N) is 1. The SMILES string of the molecule is CC(C)(CCO[N+](=O)[O-])NCC(O)COc1cccc2[nH]ccc12. The number of nitrogens with zero attached hydrogens (tertiary/aromatic N) is 1. The number of benzene rings is 1. The summed E-state index contributed by atoms with van der Waals surface area (Å²) in [5.41, 5.74) is 0.588. The second-order valence-corrected chi connectivity index (χ2v) is 6.23. The largest absolute Gasteiger partial charge is 0.490 e. The Hall–Kier alpha value is -2.32. The predicted molar refractivity (Wildman–Crippen MR) is 89.4 cm³/mol. The van der Waals surface area contributed by atoms with Gasteiger partial charge in [0.1, 0.15) is 18.5 Å². The van der Waals surface area contributed by atoms with Crippen LogP contribution in [0, 0.1) is 10.1 Å². The number of nitrogens with one attached hydrogen (secondary N) is 2. The molecule has 0 aliphatic carbocycles. The molecule has 24 heavy (non-hydrogen) atoms. The third kappa shape index (κ3) is 5.39. The van der Waals surface area contributed by atoms with Crippen LogP contribution in [0.1, 0.15) is 20.3 Å². The van der Waals surface area contributed by atoms with Crippen molar-refractivity contribution in [3.63, 3.8) is 0 Å². The molecule has 8 heteroatoms. The Kier molecular flexibility index (Phi) is 5.99. The molecule has 0 fully saturated rings. The fourth-order valence-corrected chi connectivity index (χ4v) is 2.29. The van der Waals surface area contributed by atoms with Crippen LogP contribution in [0.25, 0.3) is 10.9 Å². The Labute approximate surface area is 139 Å². The highest BCUT2D eigenvalue weighted by Crippen LogP contribution is 2.24. The average Bonchev–Trinajstić information content (AvgIpc) is 2.99. The molecule has 1 aromatic heterocycles. The molecular weight excluding hydrogens is 314 g/mol. The van der Waals surface area contributed by atoms with Crippen molar-refractivity contribution in [2.45, 2.75) is 31.9 Å². The number of aliphatic hydroxyl groups excluding tert-OH is 1. The third-order valence-corrected chi connectivity index (χ3v) is 3.73. The molecular formula is C16H23N3O5. The minimum atomic E-state index is -0.805. The van der Waals surface area contributed by atoms with E-state index in [1.54, 1.807) is 0 Å². The number of aromatic nitrogens is 1. The predicted octanol–water partition coefficient (Wildman–Crippen LogP) is 1.87. The summed E-state index contributed by atoms with van der Waals surface area (Å²) in [6.45, 7) is 4.26. The van der Waals surface area contributed by atoms with E-state index >= 15 is 0 Å². The molecule has 0 bridgehead atoms. The minimum Gasteiger partial charge on any atom is -0.490 e. The van der Waals surface area contributed by atoms with E-state index in [1.807, 2.05) is 44.3 Å². The summed E-state index contributed by atoms with van der Waals surface area (Å²) in [5, 5.41) is 23.5. The van der Waals surface area contributed by atoms with Crippen molar-refractivity contribution in [3.8, 4) is 5.75 Å². The van der Waals surface area contributed by atoms with E-state index in [2.05, 4.69) is 15.1 Å². The molecule has 132 valence electrons. The maximum atomic E-state index is 10.1. The van der Waals surface area contributed by atoms with Crippen molar-refractivity contribution in [1.29, 1.82) is 0 Å². The molecule has 1 heterocycles. The molecule has 2 aromatic rings. The lowest BCUT2D eigenvalue weighted by molar-refractivity contribution is -0.758. The van der Waals surface area contributed by atoms with Crippen molar-refractivity contribution in [1.82, 2.24) is 10.3 Å². The number of fused-ring (bicyclic) bond motifs is 1. The van der Waals surface area contributed by atoms with Crippen LogP contribution in [0.15, 0.2) is 30.5 Å². The fraction of sp³-hybridized carbons (Fsp3) is 0.500. The first-order valence-corrected chi connectivity index (χ1v) is 7.77. The highest BCUT2D eigenvalue weighted by molar-refractivity contribution is 5.85. The molecule has 8 nitrogen and oxygen atoms in total. The van der Waals surface area contributed by atoms with Gasteiger partial charge in [-0.05, 0) is 38.5 Å². The molecule has 1 atom stereocenters. The number of hydrogen-bond acceptors (Lipinski definition) is 6. The summed E-state index contributed by atoms with van der Waals surface area (Å²) in [7, 11) is 0. The van der Waals surface area contributed by atoms with E-state index in [0.717, 1.165) is 10.9 Å². The van der Waals surface area contributed by atoms with Gasteiger partial charge in [0.05, 0.1) is 6.61 Å². The van der Waals surface area contributed by atoms with E-state index < -0.39 is 16.7 Å². The minimum absolute atomic E-state index is 0.00901. The topological polar surface area (TPSA) is 110 Å². The number of ether oxygens (including phenoxy) is 1. The van der Waals surface area contributed by atoms with E-state index in [0.29, 0.717) is 18.7 Å². The highest BCUT2D eigenvalue weighted by Gasteiger charge is 2.19. The number of hydrogen-bond donors (Lipinski definition) is 3. The van der Waals surface area contributed by atoms with Gasteiger partial charge in [0.15, 0.2) is 0 Å². The molecule has 0 spiro atoms. The molecule has 0 aliphatic rings. The first kappa shape index (κ1) is 18.0. The molecule has 3 N–H and O–H groups in total. The Balaban J connectivity index is 1.76. The number of rotatable bonds is 10. The van der Waals surface area contributed by atoms with Crippen LogP contribution in [0.4, 0.5) is 0 Å². The molecule has 1 aromatic carbocycles. The summed E-state index contributed by atoms with van der Waals surface area (Å²) < 4.78 is 5.69. The molecule has 0 saturated carbocycles. The van der Waals surface area contributed by atoms with Crippen LogP contribution >= 0.6 is 0 Å². The first-order valence-electron chi connectivity index (χ1n) is 7.77. The van der Waals surface area contributed by atoms with Crippen molar-refractivity contribution < 1.29 is 19.8 Å². The van der Waals surface area contributed by atoms with E-state index in [1.165, 1.54) is 0 Å². The van der Waals surface area contributed by atoms with E-state index in [4.69, 9.17) is 4.74 Å². The van der Waals surface area contributed by atoms with Gasteiger partial charge in [-0.15, -0.1) is 10.1 Å². The van der Waals surface area contributed by atoms with Crippen LogP contribution in [0.2, 0.25) is 0 Å². The Morgan fingerprint density at radius 3 is 2.96 bits per heavy atom. The normalized spacial score (nSPS) is 13.0. The van der Waals surface area contributed by atoms with Gasteiger partial charge in [-0.2, -0.15) is 0 Å². The average molecular weight is 337 g/mol. The summed E-state index contributed by atoms with van der Waals surface area (Å²) in [4.78, 5) is 17.6. The quantitative estimate of drug-likeness (QED) is 0.451. The van der Waals surface area contributed by atoms with Crippen LogP contribution in [0.5, 0.6) is 5.75 Å². The Bertz CT molecular complexity index is 671. The molecule has 1 unspecified atom stereocenters. The molecule has 0 amide bonds. The molecule has 0 radical (unpaired) electrons. The van der Waals surface area contributed by atoms with Gasteiger partial charge < -0.3 is 25.0 Å². The summed E-state index contributed by atoms with van der Waals surface area (Å²) in [6, 6.07) is 7.62. The Morgan fingerprint density at radius 1 is 1.42 bits per heavy atom. The maximum Gasteiger partial charge on any atom is 0.294 e. The van der Waals surface area contributed by atoms with Gasteiger partial charge in [-0.25, -0.2) is 0 Å². The zero-order valence-electron chi connectivity index (χ0n) is 13.8. The zero-order chi connectivity index (χ0) is 17.6. The van der Waals surface area contributed by atoms with Crippen molar-refractivity contribution in [3.05, 3.63) is 40.6 Å². The molecule has 2 rings (SSSR count). The number of H-pyrrole nitrogens is 1. The van der Waals surface area contributed by atoms with Crippen molar-refractivity contribution >= 4 is 10.9 Å². The second kappa shape index (κ2) is 7.98. The lowest BCUT2D eigenvalue weighted by Gasteiger charge is -2.27. The molecule has 0 saturated heterocycles. The number of aliphatic hydroxyl groups is 1. The molecule has 0 aliphatic heterocycles. The lowest BCUT2D eigenvalue weighted by atomic mass is 10.0. The van der Waals surface area contributed by atoms with Crippen molar-refractivity contribution in [2.24, 2.45) is 0 Å². The lowest BCUT2D eigenvalue weighted by Crippen LogP contribution is -2.45.